The maximum atomic E-state index is 13.2. The first-order valence-electron chi connectivity index (χ1n) is 6.98. The Morgan fingerprint density at radius 1 is 1.36 bits per heavy atom. The van der Waals surface area contributed by atoms with E-state index in [0.717, 1.165) is 5.56 Å². The van der Waals surface area contributed by atoms with Crippen LogP contribution < -0.4 is 5.32 Å². The Bertz CT molecular complexity index is 687. The van der Waals surface area contributed by atoms with Crippen LogP contribution in [0.2, 0.25) is 0 Å². The van der Waals surface area contributed by atoms with Crippen LogP contribution >= 0.6 is 11.3 Å². The molecule has 0 radical (unpaired) electrons. The third-order valence-electron chi connectivity index (χ3n) is 3.56. The van der Waals surface area contributed by atoms with Gasteiger partial charge in [-0.15, -0.1) is 11.3 Å². The summed E-state index contributed by atoms with van der Waals surface area (Å²) < 4.78 is 13.2. The van der Waals surface area contributed by atoms with E-state index in [0.29, 0.717) is 18.0 Å². The van der Waals surface area contributed by atoms with Crippen molar-refractivity contribution in [1.29, 1.82) is 0 Å². The van der Waals surface area contributed by atoms with Gasteiger partial charge in [0.05, 0.1) is 10.9 Å². The highest BCUT2D eigenvalue weighted by molar-refractivity contribution is 7.12. The van der Waals surface area contributed by atoms with Crippen molar-refractivity contribution < 1.29 is 14.0 Å². The molecular formula is C16H15FN2O2S. The van der Waals surface area contributed by atoms with E-state index < -0.39 is 0 Å². The van der Waals surface area contributed by atoms with E-state index in [4.69, 9.17) is 0 Å². The van der Waals surface area contributed by atoms with Crippen LogP contribution in [-0.2, 0) is 11.3 Å². The predicted molar refractivity (Wildman–Crippen MR) is 82.0 cm³/mol. The van der Waals surface area contributed by atoms with Gasteiger partial charge in [-0.2, -0.15) is 0 Å². The molecule has 0 spiro atoms. The molecule has 1 aromatic heterocycles. The molecule has 1 unspecified atom stereocenters. The highest BCUT2D eigenvalue weighted by Crippen LogP contribution is 2.17. The summed E-state index contributed by atoms with van der Waals surface area (Å²) in [6.45, 7) is 0.814. The second kappa shape index (κ2) is 6.27. The molecule has 0 aliphatic carbocycles. The zero-order valence-corrected chi connectivity index (χ0v) is 12.6. The lowest BCUT2D eigenvalue weighted by Gasteiger charge is -2.17. The fraction of sp³-hybridized carbons (Fsp3) is 0.250. The van der Waals surface area contributed by atoms with Crippen molar-refractivity contribution in [3.05, 3.63) is 58.0 Å². The van der Waals surface area contributed by atoms with E-state index in [1.807, 2.05) is 11.4 Å². The summed E-state index contributed by atoms with van der Waals surface area (Å²) in [4.78, 5) is 26.3. The number of rotatable bonds is 4. The number of hydrogen-bond acceptors (Lipinski definition) is 3. The summed E-state index contributed by atoms with van der Waals surface area (Å²) in [5.74, 6) is -0.493. The van der Waals surface area contributed by atoms with Gasteiger partial charge in [-0.05, 0) is 29.1 Å². The van der Waals surface area contributed by atoms with E-state index in [2.05, 4.69) is 5.32 Å². The van der Waals surface area contributed by atoms with Crippen LogP contribution in [-0.4, -0.2) is 29.3 Å². The van der Waals surface area contributed by atoms with Gasteiger partial charge in [0.15, 0.2) is 0 Å². The van der Waals surface area contributed by atoms with E-state index in [-0.39, 0.29) is 30.1 Å². The monoisotopic (exact) mass is 318 g/mol. The maximum Gasteiger partial charge on any atom is 0.261 e. The van der Waals surface area contributed by atoms with Gasteiger partial charge in [0, 0.05) is 19.5 Å². The lowest BCUT2D eigenvalue weighted by Crippen LogP contribution is -2.36. The lowest BCUT2D eigenvalue weighted by molar-refractivity contribution is -0.128. The Hall–Kier alpha value is -2.21. The van der Waals surface area contributed by atoms with Crippen LogP contribution in [0.15, 0.2) is 41.8 Å². The molecule has 1 saturated heterocycles. The molecule has 6 heteroatoms. The summed E-state index contributed by atoms with van der Waals surface area (Å²) in [5.41, 5.74) is 0.749. The Labute approximate surface area is 131 Å². The summed E-state index contributed by atoms with van der Waals surface area (Å²) in [6, 6.07) is 9.58. The van der Waals surface area contributed by atoms with E-state index in [9.17, 15) is 14.0 Å². The number of carbonyl (C=O) groups excluding carboxylic acids is 2. The minimum Gasteiger partial charge on any atom is -0.346 e. The normalized spacial score (nSPS) is 17.8. The van der Waals surface area contributed by atoms with Crippen molar-refractivity contribution in [1.82, 2.24) is 10.2 Å². The summed E-state index contributed by atoms with van der Waals surface area (Å²) in [7, 11) is 0. The lowest BCUT2D eigenvalue weighted by atomic mass is 10.2. The third-order valence-corrected chi connectivity index (χ3v) is 4.43. The number of halogens is 1. The first-order chi connectivity index (χ1) is 10.6. The topological polar surface area (TPSA) is 49.4 Å². The van der Waals surface area contributed by atoms with Gasteiger partial charge in [-0.25, -0.2) is 4.39 Å². The van der Waals surface area contributed by atoms with Crippen LogP contribution in [0.4, 0.5) is 4.39 Å². The van der Waals surface area contributed by atoms with Gasteiger partial charge in [0.2, 0.25) is 5.91 Å². The number of nitrogens with zero attached hydrogens (tertiary/aromatic N) is 1. The molecule has 0 bridgehead atoms. The van der Waals surface area contributed by atoms with Gasteiger partial charge in [0.25, 0.3) is 5.91 Å². The van der Waals surface area contributed by atoms with Crippen molar-refractivity contribution in [3.8, 4) is 0 Å². The molecule has 1 N–H and O–H groups in total. The van der Waals surface area contributed by atoms with Crippen molar-refractivity contribution in [3.63, 3.8) is 0 Å². The largest absolute Gasteiger partial charge is 0.346 e. The van der Waals surface area contributed by atoms with Gasteiger partial charge in [0.1, 0.15) is 5.82 Å². The molecule has 1 aliphatic heterocycles. The van der Waals surface area contributed by atoms with E-state index >= 15 is 0 Å². The third kappa shape index (κ3) is 3.33. The van der Waals surface area contributed by atoms with Crippen molar-refractivity contribution in [2.75, 3.05) is 6.54 Å². The minimum absolute atomic E-state index is 0.0271. The molecule has 114 valence electrons. The quantitative estimate of drug-likeness (QED) is 0.941. The molecule has 2 amide bonds. The Morgan fingerprint density at radius 3 is 2.95 bits per heavy atom. The average Bonchev–Trinajstić information content (AvgIpc) is 3.10. The number of benzene rings is 1. The molecule has 2 aromatic rings. The van der Waals surface area contributed by atoms with Crippen LogP contribution in [0.3, 0.4) is 0 Å². The molecule has 3 rings (SSSR count). The number of nitrogens with one attached hydrogen (secondary N) is 1. The molecule has 1 atom stereocenters. The van der Waals surface area contributed by atoms with Crippen molar-refractivity contribution in [2.24, 2.45) is 0 Å². The van der Waals surface area contributed by atoms with E-state index in [1.54, 1.807) is 23.1 Å². The smallest absolute Gasteiger partial charge is 0.261 e. The second-order valence-corrected chi connectivity index (χ2v) is 6.20. The molecule has 1 aromatic carbocycles. The molecule has 4 nitrogen and oxygen atoms in total. The molecule has 2 heterocycles. The zero-order chi connectivity index (χ0) is 15.5. The van der Waals surface area contributed by atoms with Gasteiger partial charge < -0.3 is 10.2 Å². The zero-order valence-electron chi connectivity index (χ0n) is 11.8. The van der Waals surface area contributed by atoms with Crippen molar-refractivity contribution in [2.45, 2.75) is 19.0 Å². The van der Waals surface area contributed by atoms with Crippen LogP contribution in [0.5, 0.6) is 0 Å². The van der Waals surface area contributed by atoms with Gasteiger partial charge in [-0.3, -0.25) is 9.59 Å². The maximum absolute atomic E-state index is 13.2. The fourth-order valence-electron chi connectivity index (χ4n) is 2.54. The van der Waals surface area contributed by atoms with Crippen molar-refractivity contribution >= 4 is 23.2 Å². The van der Waals surface area contributed by atoms with Crippen LogP contribution in [0, 0.1) is 5.82 Å². The first kappa shape index (κ1) is 14.7. The van der Waals surface area contributed by atoms with Gasteiger partial charge >= 0.3 is 0 Å². The average molecular weight is 318 g/mol. The molecule has 0 saturated carbocycles. The number of carbonyl (C=O) groups is 2. The number of thiophene rings is 1. The van der Waals surface area contributed by atoms with Crippen LogP contribution in [0.1, 0.15) is 21.7 Å². The molecule has 22 heavy (non-hydrogen) atoms. The molecule has 1 fully saturated rings. The minimum atomic E-state index is -0.313. The van der Waals surface area contributed by atoms with E-state index in [1.165, 1.54) is 23.5 Å². The highest BCUT2D eigenvalue weighted by atomic mass is 32.1. The first-order valence-corrected chi connectivity index (χ1v) is 7.86. The number of hydrogen-bond donors (Lipinski definition) is 1. The van der Waals surface area contributed by atoms with Gasteiger partial charge in [-0.1, -0.05) is 18.2 Å². The molecule has 1 aliphatic rings. The highest BCUT2D eigenvalue weighted by Gasteiger charge is 2.30. The summed E-state index contributed by atoms with van der Waals surface area (Å²) >= 11 is 1.37. The predicted octanol–water partition coefficient (Wildman–Crippen LogP) is 2.42. The molecular weight excluding hydrogens is 303 g/mol. The number of amides is 2. The second-order valence-electron chi connectivity index (χ2n) is 5.26. The summed E-state index contributed by atoms with van der Waals surface area (Å²) in [5, 5.41) is 4.71. The summed E-state index contributed by atoms with van der Waals surface area (Å²) in [6.07, 6.45) is 0.284. The number of likely N-dealkylation sites (tertiary alicyclic amines) is 1. The Morgan fingerprint density at radius 2 is 2.23 bits per heavy atom. The Kier molecular flexibility index (Phi) is 4.20. The fourth-order valence-corrected chi connectivity index (χ4v) is 3.17. The SMILES string of the molecule is O=C(NC1CC(=O)N(Cc2cccc(F)c2)C1)c1cccs1. The van der Waals surface area contributed by atoms with Crippen LogP contribution in [0.25, 0.3) is 0 Å². The Balaban J connectivity index is 1.60. The standard InChI is InChI=1S/C16H15FN2O2S/c17-12-4-1-3-11(7-12)9-19-10-13(8-15(19)20)18-16(21)14-5-2-6-22-14/h1-7,13H,8-10H2,(H,18,21).